The number of hydrogen-bond acceptors (Lipinski definition) is 8. The van der Waals surface area contributed by atoms with E-state index in [9.17, 15) is 0 Å². The molecule has 0 radical (unpaired) electrons. The molecule has 4 aromatic carbocycles. The molecular formula is C48H52N4O4. The molecule has 56 heavy (non-hydrogen) atoms. The van der Waals surface area contributed by atoms with Crippen molar-refractivity contribution in [3.05, 3.63) is 204 Å². The normalized spacial score (nSPS) is 13.0. The summed E-state index contributed by atoms with van der Waals surface area (Å²) in [4.78, 5) is 14.1. The standard InChI is InChI=1S/C48H52N4O4/c1-39(32-51-47(42-21-11-4-12-22-42)37-53-35-40-17-7-2-8-18-40)25-27-45(31-49)55-29-15-6-16-30-56-46-28-26-44(50-34-46)33-52-48(43-23-13-5-14-24-43)38-54-36-41-19-9-3-10-20-41/h2-5,7-14,17-28,31-34,47-48H,1,6,15-16,29-30,35-38,49H2/b27-25-,45-31+,51-32+,52-33+/t47-,48-/m0/s1. The van der Waals surface area contributed by atoms with Gasteiger partial charge in [-0.2, -0.15) is 0 Å². The minimum absolute atomic E-state index is 0.136. The highest BCUT2D eigenvalue weighted by Crippen LogP contribution is 2.20. The Labute approximate surface area is 331 Å². The quantitative estimate of drug-likeness (QED) is 0.0292. The molecule has 8 heteroatoms. The molecule has 0 bridgehead atoms. The smallest absolute Gasteiger partial charge is 0.137 e. The Kier molecular flexibility index (Phi) is 17.9. The molecule has 2 atom stereocenters. The van der Waals surface area contributed by atoms with Gasteiger partial charge in [-0.25, -0.2) is 0 Å². The zero-order valence-corrected chi connectivity index (χ0v) is 31.9. The van der Waals surface area contributed by atoms with Crippen LogP contribution in [0.25, 0.3) is 0 Å². The molecular weight excluding hydrogens is 697 g/mol. The van der Waals surface area contributed by atoms with E-state index < -0.39 is 0 Å². The lowest BCUT2D eigenvalue weighted by atomic mass is 10.1. The van der Waals surface area contributed by atoms with Crippen LogP contribution < -0.4 is 10.5 Å². The number of aromatic nitrogens is 1. The van der Waals surface area contributed by atoms with Gasteiger partial charge in [-0.15, -0.1) is 0 Å². The number of benzene rings is 4. The lowest BCUT2D eigenvalue weighted by Gasteiger charge is -2.14. The maximum Gasteiger partial charge on any atom is 0.137 e. The van der Waals surface area contributed by atoms with Crippen LogP contribution in [0.3, 0.4) is 0 Å². The number of nitrogens with zero attached hydrogens (tertiary/aromatic N) is 3. The summed E-state index contributed by atoms with van der Waals surface area (Å²) in [6, 6.07) is 44.1. The van der Waals surface area contributed by atoms with Gasteiger partial charge in [0.25, 0.3) is 0 Å². The second-order valence-electron chi connectivity index (χ2n) is 13.1. The van der Waals surface area contributed by atoms with Crippen LogP contribution in [-0.4, -0.2) is 43.8 Å². The fraction of sp³-hybridized carbons (Fsp3) is 0.229. The van der Waals surface area contributed by atoms with Crippen molar-refractivity contribution >= 4 is 12.4 Å². The fourth-order valence-electron chi connectivity index (χ4n) is 5.58. The summed E-state index contributed by atoms with van der Waals surface area (Å²) < 4.78 is 23.9. The van der Waals surface area contributed by atoms with E-state index in [2.05, 4.69) is 60.1 Å². The molecule has 0 saturated carbocycles. The molecule has 0 aliphatic heterocycles. The number of unbranched alkanes of at least 4 members (excludes halogenated alkanes) is 2. The van der Waals surface area contributed by atoms with Crippen LogP contribution in [0.5, 0.6) is 5.75 Å². The maximum absolute atomic E-state index is 6.02. The number of rotatable bonds is 24. The van der Waals surface area contributed by atoms with E-state index in [1.807, 2.05) is 97.1 Å². The third kappa shape index (κ3) is 15.3. The summed E-state index contributed by atoms with van der Waals surface area (Å²) in [6.07, 6.45) is 13.1. The van der Waals surface area contributed by atoms with E-state index >= 15 is 0 Å². The molecule has 5 aromatic rings. The van der Waals surface area contributed by atoms with Crippen LogP contribution >= 0.6 is 0 Å². The first-order valence-corrected chi connectivity index (χ1v) is 19.1. The molecule has 0 unspecified atom stereocenters. The van der Waals surface area contributed by atoms with E-state index in [1.165, 1.54) is 6.20 Å². The molecule has 0 aliphatic rings. The number of nitrogens with two attached hydrogens (primary N) is 1. The van der Waals surface area contributed by atoms with Crippen molar-refractivity contribution < 1.29 is 18.9 Å². The minimum atomic E-state index is -0.153. The van der Waals surface area contributed by atoms with Crippen LogP contribution in [0, 0.1) is 0 Å². The largest absolute Gasteiger partial charge is 0.492 e. The van der Waals surface area contributed by atoms with Crippen LogP contribution in [0.1, 0.15) is 59.3 Å². The number of allylic oxidation sites excluding steroid dienone is 3. The van der Waals surface area contributed by atoms with Gasteiger partial charge in [0.1, 0.15) is 11.5 Å². The first-order valence-electron chi connectivity index (χ1n) is 19.1. The first kappa shape index (κ1) is 41.1. The van der Waals surface area contributed by atoms with Gasteiger partial charge in [-0.05, 0) is 65.3 Å². The predicted molar refractivity (Wildman–Crippen MR) is 227 cm³/mol. The van der Waals surface area contributed by atoms with Crippen molar-refractivity contribution in [1.82, 2.24) is 4.98 Å². The van der Waals surface area contributed by atoms with Crippen LogP contribution in [0.4, 0.5) is 0 Å². The van der Waals surface area contributed by atoms with Gasteiger partial charge in [-0.3, -0.25) is 15.0 Å². The number of aliphatic imine (C=N–C) groups is 2. The van der Waals surface area contributed by atoms with Gasteiger partial charge in [0, 0.05) is 18.6 Å². The zero-order chi connectivity index (χ0) is 38.9. The Balaban J connectivity index is 0.979. The highest BCUT2D eigenvalue weighted by molar-refractivity contribution is 5.81. The summed E-state index contributed by atoms with van der Waals surface area (Å²) >= 11 is 0. The molecule has 0 saturated heterocycles. The molecule has 0 amide bonds. The first-order chi connectivity index (χ1) is 27.7. The number of pyridine rings is 1. The fourth-order valence-corrected chi connectivity index (χ4v) is 5.58. The summed E-state index contributed by atoms with van der Waals surface area (Å²) in [5.74, 6) is 1.30. The Morgan fingerprint density at radius 2 is 1.20 bits per heavy atom. The lowest BCUT2D eigenvalue weighted by molar-refractivity contribution is 0.108. The highest BCUT2D eigenvalue weighted by atomic mass is 16.5. The van der Waals surface area contributed by atoms with Crippen LogP contribution in [-0.2, 0) is 27.4 Å². The molecule has 1 aromatic heterocycles. The van der Waals surface area contributed by atoms with Crippen LogP contribution in [0.2, 0.25) is 0 Å². The van der Waals surface area contributed by atoms with E-state index in [0.717, 1.165) is 58.5 Å². The Bertz CT molecular complexity index is 1950. The molecule has 8 nitrogen and oxygen atoms in total. The number of ether oxygens (including phenoxy) is 4. The maximum atomic E-state index is 6.02. The van der Waals surface area contributed by atoms with Crippen molar-refractivity contribution in [3.63, 3.8) is 0 Å². The highest BCUT2D eigenvalue weighted by Gasteiger charge is 2.11. The second-order valence-corrected chi connectivity index (χ2v) is 13.1. The van der Waals surface area contributed by atoms with E-state index in [0.29, 0.717) is 45.4 Å². The minimum Gasteiger partial charge on any atom is -0.492 e. The summed E-state index contributed by atoms with van der Waals surface area (Å²) in [5.41, 5.74) is 11.8. The Morgan fingerprint density at radius 1 is 0.643 bits per heavy atom. The third-order valence-corrected chi connectivity index (χ3v) is 8.66. The third-order valence-electron chi connectivity index (χ3n) is 8.66. The summed E-state index contributed by atoms with van der Waals surface area (Å²) in [5, 5.41) is 0. The molecule has 5 rings (SSSR count). The SMILES string of the molecule is C=C(/C=C\C(=C/N)OCCCCCOc1ccc(/C=N/[C@@H](COCc2ccccc2)c2ccccc2)nc1)/C=N/[C@@H](COCc1ccccc1)c1ccccc1. The van der Waals surface area contributed by atoms with E-state index in [1.54, 1.807) is 18.6 Å². The number of hydrogen-bond donors (Lipinski definition) is 1. The van der Waals surface area contributed by atoms with Crippen molar-refractivity contribution in [2.75, 3.05) is 26.4 Å². The van der Waals surface area contributed by atoms with Gasteiger partial charge in [0.2, 0.25) is 0 Å². The van der Waals surface area contributed by atoms with Gasteiger partial charge >= 0.3 is 0 Å². The van der Waals surface area contributed by atoms with Crippen LogP contribution in [0.15, 0.2) is 186 Å². The average molecular weight is 749 g/mol. The van der Waals surface area contributed by atoms with Crippen molar-refractivity contribution in [3.8, 4) is 5.75 Å². The molecule has 288 valence electrons. The van der Waals surface area contributed by atoms with Gasteiger partial charge in [0.15, 0.2) is 0 Å². The molecule has 2 N–H and O–H groups in total. The van der Waals surface area contributed by atoms with Gasteiger partial charge < -0.3 is 24.7 Å². The van der Waals surface area contributed by atoms with Gasteiger partial charge in [-0.1, -0.05) is 134 Å². The monoisotopic (exact) mass is 748 g/mol. The van der Waals surface area contributed by atoms with E-state index in [-0.39, 0.29) is 12.1 Å². The van der Waals surface area contributed by atoms with Crippen molar-refractivity contribution in [2.24, 2.45) is 15.7 Å². The molecule has 0 spiro atoms. The molecule has 0 fully saturated rings. The van der Waals surface area contributed by atoms with Gasteiger partial charge in [0.05, 0.1) is 63.6 Å². The summed E-state index contributed by atoms with van der Waals surface area (Å²) in [7, 11) is 0. The predicted octanol–water partition coefficient (Wildman–Crippen LogP) is 9.97. The van der Waals surface area contributed by atoms with Crippen molar-refractivity contribution in [2.45, 2.75) is 44.6 Å². The Hall–Kier alpha value is -6.09. The zero-order valence-electron chi connectivity index (χ0n) is 31.9. The van der Waals surface area contributed by atoms with E-state index in [4.69, 9.17) is 34.7 Å². The lowest BCUT2D eigenvalue weighted by Crippen LogP contribution is -2.07. The molecule has 0 aliphatic carbocycles. The average Bonchev–Trinajstić information content (AvgIpc) is 3.25. The second kappa shape index (κ2) is 24.3. The Morgan fingerprint density at radius 3 is 1.75 bits per heavy atom. The van der Waals surface area contributed by atoms with Crippen molar-refractivity contribution in [1.29, 1.82) is 0 Å². The summed E-state index contributed by atoms with van der Waals surface area (Å²) in [6.45, 7) is 7.25. The molecule has 1 heterocycles. The topological polar surface area (TPSA) is 101 Å².